The average molecular weight is 238 g/mol. The van der Waals surface area contributed by atoms with Crippen LogP contribution in [0.3, 0.4) is 0 Å². The highest BCUT2D eigenvalue weighted by atomic mass is 32.2. The van der Waals surface area contributed by atoms with Gasteiger partial charge < -0.3 is 5.11 Å². The molecule has 0 amide bonds. The second-order valence-electron chi connectivity index (χ2n) is 3.85. The summed E-state index contributed by atoms with van der Waals surface area (Å²) in [5.74, 6) is 0. The third kappa shape index (κ3) is 7.76. The number of aliphatic hydroxyl groups is 1. The smallest absolute Gasteiger partial charge is 0.267 e. The first kappa shape index (κ1) is 14.9. The first-order valence-corrected chi connectivity index (χ1v) is 7.09. The van der Waals surface area contributed by atoms with Crippen molar-refractivity contribution in [1.29, 1.82) is 0 Å². The molecule has 0 aliphatic heterocycles. The van der Waals surface area contributed by atoms with E-state index in [9.17, 15) is 8.42 Å². The Bertz CT molecular complexity index is 236. The van der Waals surface area contributed by atoms with Crippen LogP contribution in [0.15, 0.2) is 0 Å². The summed E-state index contributed by atoms with van der Waals surface area (Å²) in [5, 5.41) is 7.95. The quantitative estimate of drug-likeness (QED) is 0.476. The van der Waals surface area contributed by atoms with Gasteiger partial charge in [-0.25, -0.2) is 0 Å². The van der Waals surface area contributed by atoms with Gasteiger partial charge in [0.1, 0.15) is 0 Å². The largest absolute Gasteiger partial charge is 0.396 e. The molecule has 0 rings (SSSR count). The van der Waals surface area contributed by atoms with E-state index in [0.29, 0.717) is 12.8 Å². The van der Waals surface area contributed by atoms with E-state index in [0.717, 1.165) is 32.1 Å². The van der Waals surface area contributed by atoms with Gasteiger partial charge in [-0.1, -0.05) is 32.6 Å². The van der Waals surface area contributed by atoms with Crippen LogP contribution in [-0.4, -0.2) is 29.9 Å². The van der Waals surface area contributed by atoms with Gasteiger partial charge in [-0.05, 0) is 19.3 Å². The predicted molar refractivity (Wildman–Crippen MR) is 60.4 cm³/mol. The first-order chi connectivity index (χ1) is 7.02. The van der Waals surface area contributed by atoms with Crippen molar-refractivity contribution in [2.75, 3.05) is 6.61 Å². The van der Waals surface area contributed by atoms with E-state index in [2.05, 4.69) is 0 Å². The summed E-state index contributed by atoms with van der Waals surface area (Å²) in [5.41, 5.74) is 0. The van der Waals surface area contributed by atoms with E-state index in [1.807, 2.05) is 6.92 Å². The Labute approximate surface area is 92.4 Å². The lowest BCUT2D eigenvalue weighted by Crippen LogP contribution is -2.20. The monoisotopic (exact) mass is 238 g/mol. The summed E-state index contributed by atoms with van der Waals surface area (Å²) in [6, 6.07) is 0. The Balaban J connectivity index is 3.78. The van der Waals surface area contributed by atoms with Crippen molar-refractivity contribution in [3.63, 3.8) is 0 Å². The highest BCUT2D eigenvalue weighted by Gasteiger charge is 2.20. The van der Waals surface area contributed by atoms with Gasteiger partial charge in [0.05, 0.1) is 5.25 Å². The summed E-state index contributed by atoms with van der Waals surface area (Å²) in [7, 11) is -3.87. The molecule has 0 heterocycles. The van der Waals surface area contributed by atoms with Crippen LogP contribution in [0.25, 0.3) is 0 Å². The highest BCUT2D eigenvalue weighted by molar-refractivity contribution is 7.86. The Morgan fingerprint density at radius 1 is 1.07 bits per heavy atom. The van der Waals surface area contributed by atoms with Crippen LogP contribution in [0.4, 0.5) is 0 Å². The van der Waals surface area contributed by atoms with Crippen LogP contribution in [-0.2, 0) is 10.1 Å². The van der Waals surface area contributed by atoms with E-state index in [1.165, 1.54) is 0 Å². The topological polar surface area (TPSA) is 74.6 Å². The zero-order valence-electron chi connectivity index (χ0n) is 9.35. The Morgan fingerprint density at radius 2 is 1.67 bits per heavy atom. The Kier molecular flexibility index (Phi) is 8.00. The van der Waals surface area contributed by atoms with E-state index in [1.54, 1.807) is 0 Å². The molecule has 0 saturated heterocycles. The first-order valence-electron chi connectivity index (χ1n) is 5.59. The number of aliphatic hydroxyl groups excluding tert-OH is 1. The van der Waals surface area contributed by atoms with E-state index in [-0.39, 0.29) is 6.61 Å². The summed E-state index contributed by atoms with van der Waals surface area (Å²) < 4.78 is 30.9. The van der Waals surface area contributed by atoms with Gasteiger partial charge in [0.25, 0.3) is 10.1 Å². The zero-order valence-corrected chi connectivity index (χ0v) is 10.2. The molecule has 0 aliphatic carbocycles. The van der Waals surface area contributed by atoms with E-state index >= 15 is 0 Å². The molecule has 0 spiro atoms. The van der Waals surface area contributed by atoms with Crippen molar-refractivity contribution >= 4 is 10.1 Å². The van der Waals surface area contributed by atoms with Crippen molar-refractivity contribution in [1.82, 2.24) is 0 Å². The third-order valence-electron chi connectivity index (χ3n) is 2.47. The SMILES string of the molecule is CCCC(CCCCCCO)S(=O)(=O)O. The molecule has 1 atom stereocenters. The van der Waals surface area contributed by atoms with Gasteiger partial charge >= 0.3 is 0 Å². The van der Waals surface area contributed by atoms with Gasteiger partial charge in [0, 0.05) is 6.61 Å². The molecule has 2 N–H and O–H groups in total. The van der Waals surface area contributed by atoms with Crippen LogP contribution in [0.2, 0.25) is 0 Å². The van der Waals surface area contributed by atoms with Crippen LogP contribution in [0, 0.1) is 0 Å². The van der Waals surface area contributed by atoms with Crippen molar-refractivity contribution in [2.24, 2.45) is 0 Å². The molecule has 0 aromatic heterocycles. The molecule has 92 valence electrons. The normalized spacial score (nSPS) is 14.1. The van der Waals surface area contributed by atoms with Crippen molar-refractivity contribution in [2.45, 2.75) is 57.1 Å². The number of hydrogen-bond acceptors (Lipinski definition) is 3. The summed E-state index contributed by atoms with van der Waals surface area (Å²) in [6.45, 7) is 2.10. The molecular formula is C10H22O4S. The number of hydrogen-bond donors (Lipinski definition) is 2. The van der Waals surface area contributed by atoms with Crippen molar-refractivity contribution in [3.8, 4) is 0 Å². The summed E-state index contributed by atoms with van der Waals surface area (Å²) in [6.07, 6.45) is 5.21. The molecule has 0 fully saturated rings. The molecule has 0 aliphatic rings. The molecule has 0 bridgehead atoms. The standard InChI is InChI=1S/C10H22O4S/c1-2-7-10(15(12,13)14)8-5-3-4-6-9-11/h10-11H,2-9H2,1H3,(H,12,13,14). The molecule has 0 aromatic rings. The Morgan fingerprint density at radius 3 is 2.13 bits per heavy atom. The highest BCUT2D eigenvalue weighted by Crippen LogP contribution is 2.15. The van der Waals surface area contributed by atoms with Crippen LogP contribution in [0.1, 0.15) is 51.9 Å². The van der Waals surface area contributed by atoms with Crippen LogP contribution >= 0.6 is 0 Å². The number of rotatable bonds is 9. The zero-order chi connectivity index (χ0) is 11.7. The maximum absolute atomic E-state index is 11.0. The second kappa shape index (κ2) is 8.07. The molecule has 4 nitrogen and oxygen atoms in total. The van der Waals surface area contributed by atoms with Gasteiger partial charge in [0.2, 0.25) is 0 Å². The number of unbranched alkanes of at least 4 members (excludes halogenated alkanes) is 3. The maximum Gasteiger partial charge on any atom is 0.267 e. The fourth-order valence-corrected chi connectivity index (χ4v) is 2.60. The molecule has 0 radical (unpaired) electrons. The fourth-order valence-electron chi connectivity index (χ4n) is 1.60. The lowest BCUT2D eigenvalue weighted by atomic mass is 10.1. The van der Waals surface area contributed by atoms with Gasteiger partial charge in [-0.3, -0.25) is 4.55 Å². The summed E-state index contributed by atoms with van der Waals surface area (Å²) in [4.78, 5) is 0. The lowest BCUT2D eigenvalue weighted by molar-refractivity contribution is 0.282. The summed E-state index contributed by atoms with van der Waals surface area (Å²) >= 11 is 0. The predicted octanol–water partition coefficient (Wildman–Crippen LogP) is 1.99. The second-order valence-corrected chi connectivity index (χ2v) is 5.55. The van der Waals surface area contributed by atoms with Crippen molar-refractivity contribution in [3.05, 3.63) is 0 Å². The molecule has 0 saturated carbocycles. The average Bonchev–Trinajstić information content (AvgIpc) is 2.14. The fraction of sp³-hybridized carbons (Fsp3) is 1.00. The van der Waals surface area contributed by atoms with E-state index < -0.39 is 15.4 Å². The van der Waals surface area contributed by atoms with Crippen LogP contribution < -0.4 is 0 Å². The molecule has 15 heavy (non-hydrogen) atoms. The van der Waals surface area contributed by atoms with Crippen LogP contribution in [0.5, 0.6) is 0 Å². The Hall–Kier alpha value is -0.130. The van der Waals surface area contributed by atoms with E-state index in [4.69, 9.17) is 9.66 Å². The molecule has 5 heteroatoms. The van der Waals surface area contributed by atoms with Gasteiger partial charge in [-0.15, -0.1) is 0 Å². The lowest BCUT2D eigenvalue weighted by Gasteiger charge is -2.12. The molecular weight excluding hydrogens is 216 g/mol. The van der Waals surface area contributed by atoms with Gasteiger partial charge in [0.15, 0.2) is 0 Å². The van der Waals surface area contributed by atoms with Crippen molar-refractivity contribution < 1.29 is 18.1 Å². The maximum atomic E-state index is 11.0. The third-order valence-corrected chi connectivity index (χ3v) is 3.78. The minimum Gasteiger partial charge on any atom is -0.396 e. The minimum absolute atomic E-state index is 0.191. The molecule has 1 unspecified atom stereocenters. The molecule has 0 aromatic carbocycles. The minimum atomic E-state index is -3.87. The van der Waals surface area contributed by atoms with Gasteiger partial charge in [-0.2, -0.15) is 8.42 Å².